The van der Waals surface area contributed by atoms with Crippen LogP contribution < -0.4 is 26.6 Å². The first kappa shape index (κ1) is 16.8. The van der Waals surface area contributed by atoms with Crippen LogP contribution in [0, 0.1) is 6.92 Å². The van der Waals surface area contributed by atoms with Gasteiger partial charge in [-0.25, -0.2) is 4.98 Å². The average molecular weight is 341 g/mol. The first-order valence-electron chi connectivity index (χ1n) is 8.21. The molecule has 0 atom stereocenters. The molecule has 5 N–H and O–H groups in total. The summed E-state index contributed by atoms with van der Waals surface area (Å²) in [6, 6.07) is 7.64. The van der Waals surface area contributed by atoms with Crippen molar-refractivity contribution in [2.75, 3.05) is 54.5 Å². The summed E-state index contributed by atoms with van der Waals surface area (Å²) in [6.45, 7) is 5.23. The lowest BCUT2D eigenvalue weighted by Crippen LogP contribution is -2.47. The zero-order valence-electron chi connectivity index (χ0n) is 14.5. The number of amides is 1. The van der Waals surface area contributed by atoms with Crippen LogP contribution in [0.4, 0.5) is 23.1 Å². The van der Waals surface area contributed by atoms with Crippen LogP contribution in [0.25, 0.3) is 0 Å². The number of nitrogens with zero attached hydrogens (tertiary/aromatic N) is 4. The summed E-state index contributed by atoms with van der Waals surface area (Å²) in [6.07, 6.45) is 0. The molecule has 0 unspecified atom stereocenters. The molecular weight excluding hydrogens is 318 g/mol. The first-order valence-corrected chi connectivity index (χ1v) is 8.21. The van der Waals surface area contributed by atoms with Crippen LogP contribution in [0.2, 0.25) is 0 Å². The summed E-state index contributed by atoms with van der Waals surface area (Å²) in [7, 11) is 1.63. The van der Waals surface area contributed by atoms with Crippen LogP contribution in [0.5, 0.6) is 0 Å². The van der Waals surface area contributed by atoms with E-state index in [0.717, 1.165) is 43.2 Å². The number of aryl methyl sites for hydroxylation is 1. The quantitative estimate of drug-likeness (QED) is 0.750. The summed E-state index contributed by atoms with van der Waals surface area (Å²) in [5.41, 5.74) is 15.1. The maximum atomic E-state index is 11.6. The van der Waals surface area contributed by atoms with Crippen molar-refractivity contribution < 1.29 is 4.79 Å². The van der Waals surface area contributed by atoms with Gasteiger partial charge < -0.3 is 26.6 Å². The average Bonchev–Trinajstić information content (AvgIpc) is 2.61. The van der Waals surface area contributed by atoms with E-state index in [0.29, 0.717) is 11.4 Å². The summed E-state index contributed by atoms with van der Waals surface area (Å²) < 4.78 is 0. The number of nitrogens with one attached hydrogen (secondary N) is 1. The number of nitrogen functional groups attached to an aromatic ring is 2. The summed E-state index contributed by atoms with van der Waals surface area (Å²) >= 11 is 0. The Balaban J connectivity index is 1.69. The molecule has 8 nitrogen and oxygen atoms in total. The summed E-state index contributed by atoms with van der Waals surface area (Å²) in [4.78, 5) is 24.4. The fourth-order valence-corrected chi connectivity index (χ4v) is 3.16. The molecule has 1 aliphatic rings. The standard InChI is InChI=1S/C17H23N7O/c1-11-14(15(18)22-17(19)21-11)24-9-7-23(8-10-24)13-5-3-12(4-6-13)16(25)20-2/h3-6H,7-10H2,1-2H3,(H,20,25)(H4,18,19,21,22). The number of piperazine rings is 1. The number of rotatable bonds is 3. The minimum Gasteiger partial charge on any atom is -0.382 e. The highest BCUT2D eigenvalue weighted by atomic mass is 16.1. The lowest BCUT2D eigenvalue weighted by molar-refractivity contribution is 0.0963. The number of hydrogen-bond acceptors (Lipinski definition) is 7. The Hall–Kier alpha value is -3.03. The van der Waals surface area contributed by atoms with E-state index in [1.165, 1.54) is 0 Å². The van der Waals surface area contributed by atoms with Crippen molar-refractivity contribution >= 4 is 29.0 Å². The van der Waals surface area contributed by atoms with Gasteiger partial charge in [-0.3, -0.25) is 4.79 Å². The minimum absolute atomic E-state index is 0.0781. The molecule has 1 saturated heterocycles. The van der Waals surface area contributed by atoms with Gasteiger partial charge in [0.2, 0.25) is 5.95 Å². The van der Waals surface area contributed by atoms with Crippen molar-refractivity contribution in [1.29, 1.82) is 0 Å². The third-order valence-electron chi connectivity index (χ3n) is 4.42. The molecule has 1 aliphatic heterocycles. The number of hydrogen-bond donors (Lipinski definition) is 3. The van der Waals surface area contributed by atoms with Gasteiger partial charge in [0, 0.05) is 44.5 Å². The largest absolute Gasteiger partial charge is 0.382 e. The zero-order valence-corrected chi connectivity index (χ0v) is 14.5. The number of carbonyl (C=O) groups excluding carboxylic acids is 1. The topological polar surface area (TPSA) is 113 Å². The van der Waals surface area contributed by atoms with E-state index in [4.69, 9.17) is 11.5 Å². The molecule has 1 aromatic heterocycles. The molecule has 1 aromatic carbocycles. The van der Waals surface area contributed by atoms with Crippen LogP contribution in [0.15, 0.2) is 24.3 Å². The lowest BCUT2D eigenvalue weighted by atomic mass is 10.1. The van der Waals surface area contributed by atoms with Gasteiger partial charge in [-0.15, -0.1) is 0 Å². The molecule has 0 saturated carbocycles. The fourth-order valence-electron chi connectivity index (χ4n) is 3.16. The van der Waals surface area contributed by atoms with E-state index < -0.39 is 0 Å². The van der Waals surface area contributed by atoms with Crippen LogP contribution in [0.3, 0.4) is 0 Å². The Kier molecular flexibility index (Phi) is 4.60. The molecule has 0 spiro atoms. The van der Waals surface area contributed by atoms with Crippen LogP contribution in [-0.2, 0) is 0 Å². The number of aromatic nitrogens is 2. The van der Waals surface area contributed by atoms with Crippen LogP contribution >= 0.6 is 0 Å². The second kappa shape index (κ2) is 6.84. The van der Waals surface area contributed by atoms with Gasteiger partial charge in [-0.2, -0.15) is 4.98 Å². The second-order valence-electron chi connectivity index (χ2n) is 6.00. The fraction of sp³-hybridized carbons (Fsp3) is 0.353. The highest BCUT2D eigenvalue weighted by Gasteiger charge is 2.22. The van der Waals surface area contributed by atoms with E-state index in [1.807, 2.05) is 31.2 Å². The van der Waals surface area contributed by atoms with Gasteiger partial charge in [0.15, 0.2) is 5.82 Å². The van der Waals surface area contributed by atoms with Crippen molar-refractivity contribution in [3.8, 4) is 0 Å². The van der Waals surface area contributed by atoms with Crippen molar-refractivity contribution in [3.05, 3.63) is 35.5 Å². The van der Waals surface area contributed by atoms with E-state index in [-0.39, 0.29) is 11.9 Å². The molecule has 3 rings (SSSR count). The first-order chi connectivity index (χ1) is 12.0. The summed E-state index contributed by atoms with van der Waals surface area (Å²) in [5.74, 6) is 0.549. The Morgan fingerprint density at radius 3 is 2.20 bits per heavy atom. The molecule has 8 heteroatoms. The highest BCUT2D eigenvalue weighted by molar-refractivity contribution is 5.94. The maximum Gasteiger partial charge on any atom is 0.251 e. The third-order valence-corrected chi connectivity index (χ3v) is 4.42. The number of nitrogens with two attached hydrogens (primary N) is 2. The van der Waals surface area contributed by atoms with Gasteiger partial charge in [-0.1, -0.05) is 0 Å². The van der Waals surface area contributed by atoms with Crippen molar-refractivity contribution in [2.24, 2.45) is 0 Å². The molecule has 0 bridgehead atoms. The Bertz CT molecular complexity index is 744. The number of carbonyl (C=O) groups is 1. The second-order valence-corrected chi connectivity index (χ2v) is 6.00. The van der Waals surface area contributed by atoms with Gasteiger partial charge in [-0.05, 0) is 31.2 Å². The van der Waals surface area contributed by atoms with Gasteiger partial charge >= 0.3 is 0 Å². The Morgan fingerprint density at radius 2 is 1.64 bits per heavy atom. The van der Waals surface area contributed by atoms with Crippen LogP contribution in [-0.4, -0.2) is 49.1 Å². The predicted octanol–water partition coefficient (Wildman–Crippen LogP) is 0.636. The highest BCUT2D eigenvalue weighted by Crippen LogP contribution is 2.27. The van der Waals surface area contributed by atoms with E-state index in [1.54, 1.807) is 7.05 Å². The number of benzene rings is 1. The van der Waals surface area contributed by atoms with E-state index in [9.17, 15) is 4.79 Å². The molecule has 132 valence electrons. The number of anilines is 4. The Labute approximate surface area is 146 Å². The van der Waals surface area contributed by atoms with Crippen molar-refractivity contribution in [3.63, 3.8) is 0 Å². The molecule has 1 amide bonds. The molecule has 1 fully saturated rings. The third kappa shape index (κ3) is 3.42. The zero-order chi connectivity index (χ0) is 18.0. The van der Waals surface area contributed by atoms with Crippen molar-refractivity contribution in [1.82, 2.24) is 15.3 Å². The molecule has 0 aliphatic carbocycles. The molecule has 2 heterocycles. The Morgan fingerprint density at radius 1 is 1.04 bits per heavy atom. The minimum atomic E-state index is -0.0781. The van der Waals surface area contributed by atoms with E-state index >= 15 is 0 Å². The van der Waals surface area contributed by atoms with Gasteiger partial charge in [0.05, 0.1) is 5.69 Å². The maximum absolute atomic E-state index is 11.6. The molecule has 0 radical (unpaired) electrons. The van der Waals surface area contributed by atoms with Gasteiger partial charge in [0.1, 0.15) is 5.69 Å². The molecule has 2 aromatic rings. The monoisotopic (exact) mass is 341 g/mol. The molecular formula is C17H23N7O. The normalized spacial score (nSPS) is 14.5. The SMILES string of the molecule is CNC(=O)c1ccc(N2CCN(c3c(C)nc(N)nc3N)CC2)cc1. The smallest absolute Gasteiger partial charge is 0.251 e. The van der Waals surface area contributed by atoms with Crippen LogP contribution in [0.1, 0.15) is 16.1 Å². The predicted molar refractivity (Wildman–Crippen MR) is 99.9 cm³/mol. The lowest BCUT2D eigenvalue weighted by Gasteiger charge is -2.38. The van der Waals surface area contributed by atoms with Gasteiger partial charge in [0.25, 0.3) is 5.91 Å². The van der Waals surface area contributed by atoms with Crippen molar-refractivity contribution in [2.45, 2.75) is 6.92 Å². The van der Waals surface area contributed by atoms with E-state index in [2.05, 4.69) is 25.1 Å². The molecule has 25 heavy (non-hydrogen) atoms. The summed E-state index contributed by atoms with van der Waals surface area (Å²) in [5, 5.41) is 2.63.